The standard InChI is InChI=1S/C46H30N4/c1-28-42-37-16-7-9-18-40(37)50-46(34-14-10-13-33(25-34)35-23-24-38(48-27-35)31-21-19-30(26-47)20-22-31)44(42)29(2)41-36-15-6-8-17-39(36)49-45(43(28)41)32-11-4-3-5-12-32/h3-25,27H,1-2H3. The van der Waals surface area contributed by atoms with E-state index in [9.17, 15) is 5.26 Å². The molecule has 4 heteroatoms. The number of rotatable bonds is 4. The van der Waals surface area contributed by atoms with Crippen molar-refractivity contribution in [2.45, 2.75) is 13.8 Å². The average molecular weight is 639 g/mol. The van der Waals surface area contributed by atoms with Crippen molar-refractivity contribution in [3.63, 3.8) is 0 Å². The van der Waals surface area contributed by atoms with Gasteiger partial charge in [-0.2, -0.15) is 5.26 Å². The van der Waals surface area contributed by atoms with Crippen molar-refractivity contribution in [3.05, 3.63) is 162 Å². The zero-order chi connectivity index (χ0) is 33.8. The normalized spacial score (nSPS) is 11.4. The molecule has 0 saturated carbocycles. The lowest BCUT2D eigenvalue weighted by atomic mass is 9.86. The maximum Gasteiger partial charge on any atom is 0.0991 e. The number of nitrogens with zero attached hydrogens (tertiary/aromatic N) is 4. The molecule has 0 saturated heterocycles. The first-order valence-electron chi connectivity index (χ1n) is 16.8. The fourth-order valence-electron chi connectivity index (χ4n) is 7.49. The third-order valence-electron chi connectivity index (χ3n) is 9.87. The highest BCUT2D eigenvalue weighted by Gasteiger charge is 2.22. The van der Waals surface area contributed by atoms with Crippen molar-refractivity contribution in [2.24, 2.45) is 0 Å². The van der Waals surface area contributed by atoms with Gasteiger partial charge in [0.1, 0.15) is 0 Å². The van der Waals surface area contributed by atoms with Crippen LogP contribution in [0.4, 0.5) is 0 Å². The Labute approximate surface area is 290 Å². The van der Waals surface area contributed by atoms with E-state index in [0.29, 0.717) is 5.56 Å². The molecule has 0 amide bonds. The first kappa shape index (κ1) is 29.4. The van der Waals surface area contributed by atoms with Gasteiger partial charge in [0, 0.05) is 50.0 Å². The van der Waals surface area contributed by atoms with E-state index < -0.39 is 0 Å². The van der Waals surface area contributed by atoms with E-state index in [-0.39, 0.29) is 0 Å². The lowest BCUT2D eigenvalue weighted by Crippen LogP contribution is -1.99. The van der Waals surface area contributed by atoms with Crippen molar-refractivity contribution >= 4 is 43.4 Å². The molecule has 0 unspecified atom stereocenters. The summed E-state index contributed by atoms with van der Waals surface area (Å²) in [4.78, 5) is 15.5. The summed E-state index contributed by atoms with van der Waals surface area (Å²) < 4.78 is 0. The molecule has 0 N–H and O–H groups in total. The molecule has 0 spiro atoms. The lowest BCUT2D eigenvalue weighted by Gasteiger charge is -2.21. The summed E-state index contributed by atoms with van der Waals surface area (Å²) >= 11 is 0. The molecule has 0 atom stereocenters. The second-order valence-corrected chi connectivity index (χ2v) is 12.8. The van der Waals surface area contributed by atoms with Gasteiger partial charge in [-0.3, -0.25) is 4.98 Å². The second-order valence-electron chi connectivity index (χ2n) is 12.8. The van der Waals surface area contributed by atoms with Crippen LogP contribution in [-0.4, -0.2) is 15.0 Å². The van der Waals surface area contributed by atoms with Gasteiger partial charge >= 0.3 is 0 Å². The molecule has 3 aromatic heterocycles. The first-order valence-corrected chi connectivity index (χ1v) is 16.8. The van der Waals surface area contributed by atoms with E-state index >= 15 is 0 Å². The number of aromatic nitrogens is 3. The van der Waals surface area contributed by atoms with E-state index in [4.69, 9.17) is 15.0 Å². The fourth-order valence-corrected chi connectivity index (χ4v) is 7.49. The highest BCUT2D eigenvalue weighted by Crippen LogP contribution is 2.45. The Morgan fingerprint density at radius 2 is 1.00 bits per heavy atom. The van der Waals surface area contributed by atoms with Crippen LogP contribution in [0.15, 0.2) is 146 Å². The van der Waals surface area contributed by atoms with E-state index in [2.05, 4.69) is 129 Å². The Morgan fingerprint density at radius 1 is 0.460 bits per heavy atom. The molecule has 50 heavy (non-hydrogen) atoms. The minimum Gasteiger partial charge on any atom is -0.256 e. The summed E-state index contributed by atoms with van der Waals surface area (Å²) in [6, 6.07) is 50.0. The Hall–Kier alpha value is -6.70. The minimum absolute atomic E-state index is 0.636. The van der Waals surface area contributed by atoms with Crippen molar-refractivity contribution in [1.29, 1.82) is 5.26 Å². The Morgan fingerprint density at radius 3 is 1.60 bits per heavy atom. The number of benzene rings is 6. The van der Waals surface area contributed by atoms with Crippen molar-refractivity contribution in [2.75, 3.05) is 0 Å². The number of aryl methyl sites for hydroxylation is 2. The van der Waals surface area contributed by atoms with Crippen LogP contribution in [0.2, 0.25) is 0 Å². The van der Waals surface area contributed by atoms with Gasteiger partial charge in [0.25, 0.3) is 0 Å². The van der Waals surface area contributed by atoms with Crippen LogP contribution in [0.25, 0.3) is 88.2 Å². The average Bonchev–Trinajstić information content (AvgIpc) is 3.19. The number of nitriles is 1. The van der Waals surface area contributed by atoms with Crippen LogP contribution in [0.1, 0.15) is 16.7 Å². The smallest absolute Gasteiger partial charge is 0.0991 e. The van der Waals surface area contributed by atoms with E-state index in [1.54, 1.807) is 0 Å². The molecule has 0 aliphatic heterocycles. The number of pyridine rings is 3. The summed E-state index contributed by atoms with van der Waals surface area (Å²) in [6.45, 7) is 4.50. The Bertz CT molecular complexity index is 2810. The maximum atomic E-state index is 9.18. The van der Waals surface area contributed by atoms with Gasteiger partial charge in [-0.05, 0) is 77.7 Å². The first-order chi connectivity index (χ1) is 24.6. The topological polar surface area (TPSA) is 62.5 Å². The molecule has 234 valence electrons. The van der Waals surface area contributed by atoms with Crippen molar-refractivity contribution < 1.29 is 0 Å². The van der Waals surface area contributed by atoms with Crippen molar-refractivity contribution in [3.8, 4) is 51.0 Å². The van der Waals surface area contributed by atoms with Crippen LogP contribution in [0, 0.1) is 25.2 Å². The van der Waals surface area contributed by atoms with E-state index in [1.807, 2.05) is 36.5 Å². The van der Waals surface area contributed by atoms with Gasteiger partial charge in [0.15, 0.2) is 0 Å². The molecule has 0 bridgehead atoms. The van der Waals surface area contributed by atoms with Gasteiger partial charge in [-0.25, -0.2) is 9.97 Å². The number of fused-ring (bicyclic) bond motifs is 6. The second kappa shape index (κ2) is 11.8. The lowest BCUT2D eigenvalue weighted by molar-refractivity contribution is 1.32. The molecule has 4 nitrogen and oxygen atoms in total. The highest BCUT2D eigenvalue weighted by atomic mass is 14.7. The predicted molar refractivity (Wildman–Crippen MR) is 206 cm³/mol. The third-order valence-corrected chi connectivity index (χ3v) is 9.87. The van der Waals surface area contributed by atoms with Crippen LogP contribution < -0.4 is 0 Å². The Balaban J connectivity index is 1.30. The maximum absolute atomic E-state index is 9.18. The van der Waals surface area contributed by atoms with Crippen LogP contribution >= 0.6 is 0 Å². The third kappa shape index (κ3) is 4.71. The summed E-state index contributed by atoms with van der Waals surface area (Å²) in [5.74, 6) is 0. The summed E-state index contributed by atoms with van der Waals surface area (Å²) in [7, 11) is 0. The molecule has 6 aromatic carbocycles. The molecular formula is C46H30N4. The molecular weight excluding hydrogens is 609 g/mol. The number of para-hydroxylation sites is 2. The van der Waals surface area contributed by atoms with E-state index in [1.165, 1.54) is 27.3 Å². The Kier molecular flexibility index (Phi) is 6.93. The monoisotopic (exact) mass is 638 g/mol. The van der Waals surface area contributed by atoms with E-state index in [0.717, 1.165) is 72.1 Å². The van der Waals surface area contributed by atoms with Gasteiger partial charge in [0.2, 0.25) is 0 Å². The molecule has 0 aliphatic rings. The highest BCUT2D eigenvalue weighted by molar-refractivity contribution is 6.25. The quantitative estimate of drug-likeness (QED) is 0.142. The van der Waals surface area contributed by atoms with Crippen LogP contribution in [0.3, 0.4) is 0 Å². The zero-order valence-electron chi connectivity index (χ0n) is 27.6. The predicted octanol–water partition coefficient (Wildman–Crippen LogP) is 11.6. The van der Waals surface area contributed by atoms with Crippen LogP contribution in [-0.2, 0) is 0 Å². The zero-order valence-corrected chi connectivity index (χ0v) is 27.6. The molecule has 0 aliphatic carbocycles. The van der Waals surface area contributed by atoms with Gasteiger partial charge in [-0.15, -0.1) is 0 Å². The minimum atomic E-state index is 0.636. The fraction of sp³-hybridized carbons (Fsp3) is 0.0435. The summed E-state index contributed by atoms with van der Waals surface area (Å²) in [5.41, 5.74) is 13.1. The molecule has 9 rings (SSSR count). The summed E-state index contributed by atoms with van der Waals surface area (Å²) in [5, 5.41) is 16.2. The number of hydrogen-bond acceptors (Lipinski definition) is 4. The molecule has 0 radical (unpaired) electrons. The molecule has 9 aromatic rings. The molecule has 3 heterocycles. The van der Waals surface area contributed by atoms with Crippen LogP contribution in [0.5, 0.6) is 0 Å². The van der Waals surface area contributed by atoms with Gasteiger partial charge in [0.05, 0.1) is 39.7 Å². The summed E-state index contributed by atoms with van der Waals surface area (Å²) in [6.07, 6.45) is 1.92. The van der Waals surface area contributed by atoms with Crippen molar-refractivity contribution in [1.82, 2.24) is 15.0 Å². The molecule has 0 fully saturated rings. The SMILES string of the molecule is Cc1c2c(-c3cccc(-c4ccc(-c5ccc(C#N)cc5)nc4)c3)nc3ccccc3c2c(C)c2c(-c3ccccc3)nc3ccccc3c12. The van der Waals surface area contributed by atoms with Gasteiger partial charge in [-0.1, -0.05) is 103 Å². The van der Waals surface area contributed by atoms with Gasteiger partial charge < -0.3 is 0 Å². The largest absolute Gasteiger partial charge is 0.256 e. The number of hydrogen-bond donors (Lipinski definition) is 0.